The van der Waals surface area contributed by atoms with Crippen LogP contribution in [0.2, 0.25) is 0 Å². The minimum Gasteiger partial charge on any atom is -0.481 e. The Kier molecular flexibility index (Phi) is 6.26. The molecule has 4 atom stereocenters. The van der Waals surface area contributed by atoms with Crippen LogP contribution in [0.15, 0.2) is 48.5 Å². The van der Waals surface area contributed by atoms with E-state index in [0.717, 1.165) is 41.5 Å². The van der Waals surface area contributed by atoms with Gasteiger partial charge in [0, 0.05) is 18.4 Å². The summed E-state index contributed by atoms with van der Waals surface area (Å²) in [5, 5.41) is 14.8. The summed E-state index contributed by atoms with van der Waals surface area (Å²) in [5.74, 6) is -0.214. The van der Waals surface area contributed by atoms with Gasteiger partial charge in [-0.2, -0.15) is 0 Å². The SMILES string of the molecule is O=C(O)CCC(NC(=O)OCC1c2ccccc2-c2ccccc21)C(=O)NC1CC[C@@H]2CC[C@H]12. The number of nitrogens with one attached hydrogen (secondary N) is 2. The Morgan fingerprint density at radius 3 is 2.18 bits per heavy atom. The maximum absolute atomic E-state index is 12.9. The molecule has 0 aromatic heterocycles. The summed E-state index contributed by atoms with van der Waals surface area (Å²) in [5.41, 5.74) is 4.48. The Labute approximate surface area is 198 Å². The van der Waals surface area contributed by atoms with Crippen LogP contribution in [0.25, 0.3) is 11.1 Å². The first kappa shape index (κ1) is 22.4. The molecule has 0 aliphatic heterocycles. The third-order valence-electron chi connectivity index (χ3n) is 7.77. The van der Waals surface area contributed by atoms with Crippen molar-refractivity contribution in [2.45, 2.75) is 56.5 Å². The number of rotatable bonds is 8. The van der Waals surface area contributed by atoms with Gasteiger partial charge in [0.1, 0.15) is 12.6 Å². The molecular weight excluding hydrogens is 432 g/mol. The van der Waals surface area contributed by atoms with Gasteiger partial charge in [-0.05, 0) is 66.2 Å². The van der Waals surface area contributed by atoms with Crippen LogP contribution in [0, 0.1) is 11.8 Å². The van der Waals surface area contributed by atoms with E-state index in [1.165, 1.54) is 6.42 Å². The summed E-state index contributed by atoms with van der Waals surface area (Å²) >= 11 is 0. The highest BCUT2D eigenvalue weighted by Gasteiger charge is 2.43. The number of ether oxygens (including phenoxy) is 1. The number of fused-ring (bicyclic) bond motifs is 4. The van der Waals surface area contributed by atoms with E-state index in [1.807, 2.05) is 36.4 Å². The van der Waals surface area contributed by atoms with Gasteiger partial charge in [-0.3, -0.25) is 9.59 Å². The summed E-state index contributed by atoms with van der Waals surface area (Å²) in [6, 6.07) is 15.3. The van der Waals surface area contributed by atoms with Crippen molar-refractivity contribution >= 4 is 18.0 Å². The number of hydrogen-bond acceptors (Lipinski definition) is 4. The third-order valence-corrected chi connectivity index (χ3v) is 7.77. The lowest BCUT2D eigenvalue weighted by Crippen LogP contribution is -2.51. The number of amides is 2. The van der Waals surface area contributed by atoms with Crippen molar-refractivity contribution < 1.29 is 24.2 Å². The molecule has 2 amide bonds. The van der Waals surface area contributed by atoms with Crippen LogP contribution in [0.1, 0.15) is 55.6 Å². The Balaban J connectivity index is 1.22. The van der Waals surface area contributed by atoms with Crippen LogP contribution in [0.4, 0.5) is 4.79 Å². The summed E-state index contributed by atoms with van der Waals surface area (Å²) in [7, 11) is 0. The lowest BCUT2D eigenvalue weighted by molar-refractivity contribution is -0.137. The minimum absolute atomic E-state index is 0.0200. The van der Waals surface area contributed by atoms with Gasteiger partial charge in [0.15, 0.2) is 0 Å². The average Bonchev–Trinajstić information content (AvgIpc) is 3.27. The van der Waals surface area contributed by atoms with Crippen molar-refractivity contribution in [1.82, 2.24) is 10.6 Å². The van der Waals surface area contributed by atoms with E-state index in [-0.39, 0.29) is 37.3 Å². The highest BCUT2D eigenvalue weighted by atomic mass is 16.5. The predicted molar refractivity (Wildman–Crippen MR) is 126 cm³/mol. The van der Waals surface area contributed by atoms with E-state index >= 15 is 0 Å². The fraction of sp³-hybridized carbons (Fsp3) is 0.444. The molecule has 2 unspecified atom stereocenters. The molecule has 0 saturated heterocycles. The smallest absolute Gasteiger partial charge is 0.407 e. The number of benzene rings is 2. The monoisotopic (exact) mass is 462 g/mol. The molecule has 178 valence electrons. The molecule has 7 nitrogen and oxygen atoms in total. The first-order chi connectivity index (χ1) is 16.5. The van der Waals surface area contributed by atoms with E-state index in [4.69, 9.17) is 9.84 Å². The minimum atomic E-state index is -1.01. The zero-order valence-electron chi connectivity index (χ0n) is 19.0. The fourth-order valence-electron chi connectivity index (χ4n) is 5.87. The Morgan fingerprint density at radius 1 is 0.941 bits per heavy atom. The maximum atomic E-state index is 12.9. The fourth-order valence-corrected chi connectivity index (χ4v) is 5.87. The first-order valence-corrected chi connectivity index (χ1v) is 12.1. The molecule has 2 aromatic carbocycles. The van der Waals surface area contributed by atoms with Crippen LogP contribution < -0.4 is 10.6 Å². The Hall–Kier alpha value is -3.35. The molecule has 0 heterocycles. The average molecular weight is 463 g/mol. The molecule has 7 heteroatoms. The number of carbonyl (C=O) groups is 3. The molecule has 2 fully saturated rings. The van der Waals surface area contributed by atoms with E-state index in [0.29, 0.717) is 11.8 Å². The number of aliphatic carboxylic acids is 1. The van der Waals surface area contributed by atoms with Crippen LogP contribution in [-0.2, 0) is 14.3 Å². The first-order valence-electron chi connectivity index (χ1n) is 12.1. The largest absolute Gasteiger partial charge is 0.481 e. The lowest BCUT2D eigenvalue weighted by atomic mass is 9.75. The summed E-state index contributed by atoms with van der Waals surface area (Å²) in [6.07, 6.45) is 3.50. The van der Waals surface area contributed by atoms with Crippen molar-refractivity contribution in [1.29, 1.82) is 0 Å². The molecule has 3 aliphatic rings. The number of carboxylic acids is 1. The molecule has 3 N–H and O–H groups in total. The van der Waals surface area contributed by atoms with E-state index in [1.54, 1.807) is 0 Å². The van der Waals surface area contributed by atoms with Crippen LogP contribution >= 0.6 is 0 Å². The van der Waals surface area contributed by atoms with Gasteiger partial charge in [0.25, 0.3) is 0 Å². The molecule has 0 bridgehead atoms. The Bertz CT molecular complexity index is 1050. The predicted octanol–water partition coefficient (Wildman–Crippen LogP) is 4.06. The second-order valence-electron chi connectivity index (χ2n) is 9.65. The number of carboxylic acid groups (broad SMARTS) is 1. The van der Waals surface area contributed by atoms with Crippen LogP contribution in [0.3, 0.4) is 0 Å². The van der Waals surface area contributed by atoms with Gasteiger partial charge in [0.2, 0.25) is 5.91 Å². The van der Waals surface area contributed by atoms with E-state index in [2.05, 4.69) is 22.8 Å². The van der Waals surface area contributed by atoms with Crippen LogP contribution in [0.5, 0.6) is 0 Å². The zero-order valence-corrected chi connectivity index (χ0v) is 19.0. The van der Waals surface area contributed by atoms with Gasteiger partial charge < -0.3 is 20.5 Å². The Morgan fingerprint density at radius 2 is 1.59 bits per heavy atom. The molecule has 2 saturated carbocycles. The van der Waals surface area contributed by atoms with Crippen molar-refractivity contribution in [3.63, 3.8) is 0 Å². The van der Waals surface area contributed by atoms with Crippen molar-refractivity contribution in [2.75, 3.05) is 6.61 Å². The highest BCUT2D eigenvalue weighted by Crippen LogP contribution is 2.47. The molecule has 3 aliphatic carbocycles. The van der Waals surface area contributed by atoms with Gasteiger partial charge in [-0.1, -0.05) is 48.5 Å². The van der Waals surface area contributed by atoms with Gasteiger partial charge in [-0.15, -0.1) is 0 Å². The molecule has 34 heavy (non-hydrogen) atoms. The zero-order chi connectivity index (χ0) is 23.7. The summed E-state index contributed by atoms with van der Waals surface area (Å²) < 4.78 is 5.57. The van der Waals surface area contributed by atoms with Crippen molar-refractivity contribution in [3.8, 4) is 11.1 Å². The molecule has 2 aromatic rings. The molecule has 5 rings (SSSR count). The van der Waals surface area contributed by atoms with Gasteiger partial charge >= 0.3 is 12.1 Å². The molecule has 0 radical (unpaired) electrons. The number of carbonyl (C=O) groups excluding carboxylic acids is 2. The maximum Gasteiger partial charge on any atom is 0.407 e. The molecule has 0 spiro atoms. The summed E-state index contributed by atoms with van der Waals surface area (Å²) in [4.78, 5) is 36.7. The quantitative estimate of drug-likeness (QED) is 0.549. The lowest BCUT2D eigenvalue weighted by Gasteiger charge is -2.34. The van der Waals surface area contributed by atoms with Gasteiger partial charge in [0.05, 0.1) is 0 Å². The normalized spacial score (nSPS) is 23.1. The number of hydrogen-bond donors (Lipinski definition) is 3. The van der Waals surface area contributed by atoms with Crippen molar-refractivity contribution in [3.05, 3.63) is 59.7 Å². The van der Waals surface area contributed by atoms with Gasteiger partial charge in [-0.25, -0.2) is 4.79 Å². The molecular formula is C27H30N2O5. The van der Waals surface area contributed by atoms with Crippen molar-refractivity contribution in [2.24, 2.45) is 11.8 Å². The van der Waals surface area contributed by atoms with E-state index in [9.17, 15) is 14.4 Å². The highest BCUT2D eigenvalue weighted by molar-refractivity contribution is 5.86. The third kappa shape index (κ3) is 4.39. The second-order valence-corrected chi connectivity index (χ2v) is 9.65. The topological polar surface area (TPSA) is 105 Å². The summed E-state index contributed by atoms with van der Waals surface area (Å²) in [6.45, 7) is 0.138. The van der Waals surface area contributed by atoms with Crippen LogP contribution in [-0.4, -0.2) is 41.8 Å². The number of alkyl carbamates (subject to hydrolysis) is 1. The standard InChI is InChI=1S/C27H30N2O5/c30-25(31)14-13-24(26(32)28-23-12-10-16-9-11-17(16)23)29-27(33)34-15-22-20-7-3-1-5-18(20)19-6-2-4-8-21(19)22/h1-8,16-17,22-24H,9-15H2,(H,28,32)(H,29,33)(H,30,31)/t16-,17-,23?,24?/m0/s1. The van der Waals surface area contributed by atoms with E-state index < -0.39 is 18.1 Å². The second kappa shape index (κ2) is 9.49.